The van der Waals surface area contributed by atoms with E-state index in [1.54, 1.807) is 6.92 Å². The number of halogens is 3. The van der Waals surface area contributed by atoms with Crippen molar-refractivity contribution in [1.82, 2.24) is 10.2 Å². The Kier molecular flexibility index (Phi) is 7.88. The molecular weight excluding hydrogens is 475 g/mol. The van der Waals surface area contributed by atoms with E-state index in [-0.39, 0.29) is 23.7 Å². The van der Waals surface area contributed by atoms with Crippen molar-refractivity contribution in [3.8, 4) is 17.0 Å². The fraction of sp³-hybridized carbons (Fsp3) is 0.600. The zero-order valence-electron chi connectivity index (χ0n) is 21.8. The molecule has 2 heterocycles. The van der Waals surface area contributed by atoms with Gasteiger partial charge in [0.1, 0.15) is 5.75 Å². The number of fused-ring (bicyclic) bond motifs is 1. The number of nitrogens with zero attached hydrogens (tertiary/aromatic N) is 3. The molecule has 35 heavy (non-hydrogen) atoms. The Hall–Kier alpha value is -2.17. The lowest BCUT2D eigenvalue weighted by Gasteiger charge is -2.39. The van der Waals surface area contributed by atoms with Crippen molar-refractivity contribution in [2.45, 2.75) is 71.5 Å². The lowest BCUT2D eigenvalue weighted by atomic mass is 9.99. The van der Waals surface area contributed by atoms with Gasteiger partial charge < -0.3 is 18.8 Å². The summed E-state index contributed by atoms with van der Waals surface area (Å²) in [6.45, 7) is 16.2. The van der Waals surface area contributed by atoms with Crippen molar-refractivity contribution in [2.24, 2.45) is 0 Å². The summed E-state index contributed by atoms with van der Waals surface area (Å²) in [5, 5.41) is 8.99. The quantitative estimate of drug-likeness (QED) is 0.310. The molecule has 0 spiro atoms. The first-order valence-corrected chi connectivity index (χ1v) is 14.7. The third-order valence-corrected chi connectivity index (χ3v) is 11.4. The van der Waals surface area contributed by atoms with E-state index in [4.69, 9.17) is 13.9 Å². The lowest BCUT2D eigenvalue weighted by Crippen LogP contribution is -2.46. The van der Waals surface area contributed by atoms with Crippen LogP contribution >= 0.6 is 0 Å². The molecule has 0 amide bonds. The minimum atomic E-state index is -4.48. The molecule has 1 aliphatic heterocycles. The van der Waals surface area contributed by atoms with Crippen LogP contribution in [0.3, 0.4) is 0 Å². The number of benzene rings is 1. The highest BCUT2D eigenvalue weighted by molar-refractivity contribution is 6.74. The monoisotopic (exact) mass is 511 g/mol. The van der Waals surface area contributed by atoms with Crippen LogP contribution in [-0.2, 0) is 21.8 Å². The van der Waals surface area contributed by atoms with Crippen molar-refractivity contribution >= 4 is 14.1 Å². The summed E-state index contributed by atoms with van der Waals surface area (Å²) >= 11 is 0. The molecule has 0 radical (unpaired) electrons. The molecule has 194 valence electrons. The van der Waals surface area contributed by atoms with Crippen LogP contribution in [0.1, 0.15) is 44.4 Å². The molecule has 0 fully saturated rings. The van der Waals surface area contributed by atoms with Crippen LogP contribution in [0.25, 0.3) is 11.3 Å². The average Bonchev–Trinajstić information content (AvgIpc) is 3.11. The van der Waals surface area contributed by atoms with E-state index in [1.165, 1.54) is 7.11 Å². The third-order valence-electron chi connectivity index (χ3n) is 6.80. The summed E-state index contributed by atoms with van der Waals surface area (Å²) in [5.74, 6) is 0.864. The molecule has 10 heteroatoms. The fourth-order valence-corrected chi connectivity index (χ4v) is 5.48. The maximum atomic E-state index is 13.4. The van der Waals surface area contributed by atoms with Gasteiger partial charge in [0.15, 0.2) is 20.9 Å². The molecule has 0 aliphatic carbocycles. The second kappa shape index (κ2) is 10.1. The predicted octanol–water partition coefficient (Wildman–Crippen LogP) is 6.23. The Balaban J connectivity index is 1.87. The van der Waals surface area contributed by atoms with Gasteiger partial charge in [0.2, 0.25) is 0 Å². The number of aryl methyl sites for hydroxylation is 1. The number of ether oxygens (including phenoxy) is 2. The highest BCUT2D eigenvalue weighted by atomic mass is 28.4. The van der Waals surface area contributed by atoms with Crippen LogP contribution in [0.2, 0.25) is 18.1 Å². The van der Waals surface area contributed by atoms with Crippen LogP contribution in [0.4, 0.5) is 19.0 Å². The maximum absolute atomic E-state index is 13.4. The first kappa shape index (κ1) is 27.4. The molecule has 0 bridgehead atoms. The molecule has 1 aromatic heterocycles. The first-order chi connectivity index (χ1) is 16.1. The van der Waals surface area contributed by atoms with Gasteiger partial charge in [-0.1, -0.05) is 20.8 Å². The summed E-state index contributed by atoms with van der Waals surface area (Å²) < 4.78 is 57.1. The van der Waals surface area contributed by atoms with E-state index in [9.17, 15) is 13.2 Å². The number of hydrogen-bond acceptors (Lipinski definition) is 6. The van der Waals surface area contributed by atoms with Gasteiger partial charge in [0.25, 0.3) is 0 Å². The Morgan fingerprint density at radius 3 is 2.40 bits per heavy atom. The SMILES string of the molecule is COCOc1cc(C(F)(F)F)cc(C)c1-c1cc2c(nn1)N(C[C@H](C)O[Si](C)(C)C(C)(C)C)CC2. The fourth-order valence-electron chi connectivity index (χ4n) is 4.05. The summed E-state index contributed by atoms with van der Waals surface area (Å²) in [5.41, 5.74) is 1.60. The second-order valence-corrected chi connectivity index (χ2v) is 15.4. The van der Waals surface area contributed by atoms with Crippen LogP contribution in [0.15, 0.2) is 18.2 Å². The first-order valence-electron chi connectivity index (χ1n) is 11.8. The standard InChI is InChI=1S/C25H36F3N3O3Si/c1-16-11-19(25(26,27)28)13-21(33-15-32-6)22(16)20-12-18-9-10-31(23(18)30-29-20)14-17(2)34-35(7,8)24(3,4)5/h11-13,17H,9-10,14-15H2,1-8H3/t17-/m0/s1. The zero-order chi connectivity index (χ0) is 26.2. The molecular formula is C25H36F3N3O3Si. The summed E-state index contributed by atoms with van der Waals surface area (Å²) in [6, 6.07) is 4.00. The van der Waals surface area contributed by atoms with E-state index >= 15 is 0 Å². The molecule has 1 aliphatic rings. The number of aromatic nitrogens is 2. The Labute approximate surface area is 206 Å². The molecule has 1 atom stereocenters. The van der Waals surface area contributed by atoms with Gasteiger partial charge >= 0.3 is 6.18 Å². The van der Waals surface area contributed by atoms with Gasteiger partial charge in [-0.05, 0) is 62.2 Å². The van der Waals surface area contributed by atoms with Gasteiger partial charge in [0, 0.05) is 31.3 Å². The van der Waals surface area contributed by atoms with Gasteiger partial charge in [-0.25, -0.2) is 0 Å². The highest BCUT2D eigenvalue weighted by Gasteiger charge is 2.39. The second-order valence-electron chi connectivity index (χ2n) is 10.7. The number of hydrogen-bond donors (Lipinski definition) is 0. The minimum absolute atomic E-state index is 0.0366. The van der Waals surface area contributed by atoms with Gasteiger partial charge in [-0.15, -0.1) is 10.2 Å². The Bertz CT molecular complexity index is 1050. The number of rotatable bonds is 8. The summed E-state index contributed by atoms with van der Waals surface area (Å²) in [6.07, 6.45) is -3.67. The van der Waals surface area contributed by atoms with E-state index in [0.29, 0.717) is 23.4 Å². The van der Waals surface area contributed by atoms with E-state index in [1.807, 2.05) is 6.07 Å². The molecule has 2 aromatic rings. The highest BCUT2D eigenvalue weighted by Crippen LogP contribution is 2.41. The molecule has 6 nitrogen and oxygen atoms in total. The van der Waals surface area contributed by atoms with Crippen molar-refractivity contribution < 1.29 is 27.1 Å². The summed E-state index contributed by atoms with van der Waals surface area (Å²) in [4.78, 5) is 2.17. The zero-order valence-corrected chi connectivity index (χ0v) is 22.8. The van der Waals surface area contributed by atoms with Crippen LogP contribution in [-0.4, -0.2) is 51.6 Å². The number of anilines is 1. The van der Waals surface area contributed by atoms with Crippen LogP contribution in [0.5, 0.6) is 5.75 Å². The lowest BCUT2D eigenvalue weighted by molar-refractivity contribution is -0.137. The molecule has 0 saturated heterocycles. The predicted molar refractivity (Wildman–Crippen MR) is 133 cm³/mol. The maximum Gasteiger partial charge on any atom is 0.416 e. The third kappa shape index (κ3) is 6.15. The molecule has 0 unspecified atom stereocenters. The van der Waals surface area contributed by atoms with Crippen LogP contribution < -0.4 is 9.64 Å². The Morgan fingerprint density at radius 2 is 1.80 bits per heavy atom. The van der Waals surface area contributed by atoms with E-state index in [2.05, 4.69) is 55.9 Å². The van der Waals surface area contributed by atoms with Crippen molar-refractivity contribution in [3.63, 3.8) is 0 Å². The smallest absolute Gasteiger partial charge is 0.416 e. The molecule has 0 saturated carbocycles. The van der Waals surface area contributed by atoms with Gasteiger partial charge in [0.05, 0.1) is 17.4 Å². The van der Waals surface area contributed by atoms with Gasteiger partial charge in [-0.2, -0.15) is 13.2 Å². The topological polar surface area (TPSA) is 56.7 Å². The van der Waals surface area contributed by atoms with Crippen LogP contribution in [0, 0.1) is 6.92 Å². The Morgan fingerprint density at radius 1 is 1.11 bits per heavy atom. The number of alkyl halides is 3. The normalized spacial score (nSPS) is 15.3. The molecule has 1 aromatic carbocycles. The van der Waals surface area contributed by atoms with Gasteiger partial charge in [-0.3, -0.25) is 0 Å². The molecule has 3 rings (SSSR count). The van der Waals surface area contributed by atoms with E-state index in [0.717, 1.165) is 36.5 Å². The largest absolute Gasteiger partial charge is 0.467 e. The summed E-state index contributed by atoms with van der Waals surface area (Å²) in [7, 11) is -0.477. The van der Waals surface area contributed by atoms with E-state index < -0.39 is 20.1 Å². The van der Waals surface area contributed by atoms with Crippen molar-refractivity contribution in [1.29, 1.82) is 0 Å². The number of methoxy groups -OCH3 is 1. The molecule has 0 N–H and O–H groups in total. The minimum Gasteiger partial charge on any atom is -0.467 e. The van der Waals surface area contributed by atoms with Crippen molar-refractivity contribution in [2.75, 3.05) is 31.9 Å². The van der Waals surface area contributed by atoms with Crippen molar-refractivity contribution in [3.05, 3.63) is 34.9 Å². The average molecular weight is 512 g/mol.